The molecule has 0 atom stereocenters. The number of nitrogens with one attached hydrogen (secondary N) is 1. The van der Waals surface area contributed by atoms with Crippen LogP contribution in [-0.4, -0.2) is 32.2 Å². The molecule has 0 unspecified atom stereocenters. The molecule has 148 valence electrons. The Hall–Kier alpha value is -3.35. The van der Waals surface area contributed by atoms with Crippen LogP contribution < -0.4 is 14.8 Å². The van der Waals surface area contributed by atoms with Gasteiger partial charge in [0, 0.05) is 6.08 Å². The van der Waals surface area contributed by atoms with Gasteiger partial charge >= 0.3 is 5.97 Å². The van der Waals surface area contributed by atoms with E-state index in [1.54, 1.807) is 31.2 Å². The maximum absolute atomic E-state index is 13.7. The van der Waals surface area contributed by atoms with Gasteiger partial charge in [-0.2, -0.15) is 0 Å². The van der Waals surface area contributed by atoms with Crippen LogP contribution in [0.5, 0.6) is 11.5 Å². The Morgan fingerprint density at radius 1 is 1.14 bits per heavy atom. The van der Waals surface area contributed by atoms with E-state index in [0.29, 0.717) is 23.7 Å². The summed E-state index contributed by atoms with van der Waals surface area (Å²) in [4.78, 5) is 23.6. The molecule has 0 aliphatic carbocycles. The van der Waals surface area contributed by atoms with Crippen molar-refractivity contribution in [1.29, 1.82) is 0 Å². The van der Waals surface area contributed by atoms with Crippen molar-refractivity contribution in [1.82, 2.24) is 0 Å². The molecule has 2 rings (SSSR count). The molecule has 0 fully saturated rings. The van der Waals surface area contributed by atoms with Gasteiger partial charge in [-0.05, 0) is 55.3 Å². The minimum Gasteiger partial charge on any atom is -0.493 e. The highest BCUT2D eigenvalue weighted by molar-refractivity contribution is 5.94. The average Bonchev–Trinajstić information content (AvgIpc) is 2.68. The highest BCUT2D eigenvalue weighted by Crippen LogP contribution is 2.28. The number of methoxy groups -OCH3 is 1. The summed E-state index contributed by atoms with van der Waals surface area (Å²) in [6.45, 7) is 3.59. The first-order valence-corrected chi connectivity index (χ1v) is 8.64. The highest BCUT2D eigenvalue weighted by Gasteiger charge is 2.09. The number of hydrogen-bond acceptors (Lipinski definition) is 5. The van der Waals surface area contributed by atoms with E-state index < -0.39 is 24.3 Å². The third-order valence-electron chi connectivity index (χ3n) is 3.64. The summed E-state index contributed by atoms with van der Waals surface area (Å²) in [5, 5.41) is 2.35. The molecule has 0 spiro atoms. The first-order valence-electron chi connectivity index (χ1n) is 8.64. The van der Waals surface area contributed by atoms with Gasteiger partial charge in [0.25, 0.3) is 5.91 Å². The second-order valence-corrected chi connectivity index (χ2v) is 5.82. The molecule has 2 aromatic rings. The van der Waals surface area contributed by atoms with Gasteiger partial charge in [-0.3, -0.25) is 4.79 Å². The first kappa shape index (κ1) is 21.0. The largest absolute Gasteiger partial charge is 0.493 e. The number of benzene rings is 2. The number of anilines is 1. The zero-order valence-corrected chi connectivity index (χ0v) is 16.0. The zero-order valence-electron chi connectivity index (χ0n) is 16.0. The van der Waals surface area contributed by atoms with Crippen LogP contribution in [0.1, 0.15) is 18.1 Å². The molecule has 0 saturated heterocycles. The van der Waals surface area contributed by atoms with Gasteiger partial charge in [0.2, 0.25) is 0 Å². The van der Waals surface area contributed by atoms with Gasteiger partial charge in [0.1, 0.15) is 5.82 Å². The molecule has 0 aliphatic heterocycles. The molecule has 0 aromatic heterocycles. The maximum Gasteiger partial charge on any atom is 0.331 e. The number of amides is 1. The van der Waals surface area contributed by atoms with Crippen molar-refractivity contribution in [3.63, 3.8) is 0 Å². The van der Waals surface area contributed by atoms with Crippen LogP contribution in [-0.2, 0) is 14.3 Å². The van der Waals surface area contributed by atoms with E-state index in [4.69, 9.17) is 14.2 Å². The predicted octanol–water partition coefficient (Wildman–Crippen LogP) is 3.74. The molecular formula is C21H22FNO5. The number of carbonyl (C=O) groups excluding carboxylic acids is 2. The fraction of sp³-hybridized carbons (Fsp3) is 0.238. The minimum absolute atomic E-state index is 0.0312. The molecule has 1 amide bonds. The summed E-state index contributed by atoms with van der Waals surface area (Å²) in [6.07, 6.45) is 2.72. The van der Waals surface area contributed by atoms with Crippen LogP contribution in [0.2, 0.25) is 0 Å². The van der Waals surface area contributed by atoms with E-state index in [0.717, 1.165) is 5.56 Å². The van der Waals surface area contributed by atoms with Crippen molar-refractivity contribution >= 4 is 23.6 Å². The Kier molecular flexibility index (Phi) is 7.56. The molecule has 7 heteroatoms. The molecule has 0 heterocycles. The van der Waals surface area contributed by atoms with Crippen molar-refractivity contribution in [3.05, 3.63) is 59.4 Å². The van der Waals surface area contributed by atoms with Crippen molar-refractivity contribution in [2.24, 2.45) is 0 Å². The second kappa shape index (κ2) is 10.1. The molecular weight excluding hydrogens is 365 g/mol. The maximum atomic E-state index is 13.7. The van der Waals surface area contributed by atoms with Crippen LogP contribution in [0.3, 0.4) is 0 Å². The van der Waals surface area contributed by atoms with E-state index in [1.807, 2.05) is 6.92 Å². The van der Waals surface area contributed by atoms with Crippen molar-refractivity contribution in [3.8, 4) is 11.5 Å². The number of rotatable bonds is 8. The van der Waals surface area contributed by atoms with Crippen LogP contribution in [0, 0.1) is 12.7 Å². The van der Waals surface area contributed by atoms with E-state index in [9.17, 15) is 14.0 Å². The number of esters is 1. The van der Waals surface area contributed by atoms with Gasteiger partial charge in [0.15, 0.2) is 18.1 Å². The van der Waals surface area contributed by atoms with Gasteiger partial charge in [0.05, 0.1) is 19.4 Å². The lowest BCUT2D eigenvalue weighted by Crippen LogP contribution is -2.20. The van der Waals surface area contributed by atoms with Crippen LogP contribution >= 0.6 is 0 Å². The molecule has 0 aliphatic rings. The standard InChI is InChI=1S/C21H22FNO5/c1-4-27-18-9-6-15(12-19(18)26-3)7-10-21(25)28-13-20(24)23-17-8-5-14(2)11-16(17)22/h5-12H,4,13H2,1-3H3,(H,23,24)/b10-7+. The second-order valence-electron chi connectivity index (χ2n) is 5.82. The number of hydrogen-bond donors (Lipinski definition) is 1. The first-order chi connectivity index (χ1) is 13.4. The average molecular weight is 387 g/mol. The number of aryl methyl sites for hydroxylation is 1. The molecule has 0 bridgehead atoms. The van der Waals surface area contributed by atoms with Gasteiger partial charge in [-0.1, -0.05) is 12.1 Å². The van der Waals surface area contributed by atoms with Gasteiger partial charge in [-0.25, -0.2) is 9.18 Å². The number of carbonyl (C=O) groups is 2. The smallest absolute Gasteiger partial charge is 0.331 e. The summed E-state index contributed by atoms with van der Waals surface area (Å²) in [5.41, 5.74) is 1.46. The van der Waals surface area contributed by atoms with Crippen molar-refractivity contribution < 1.29 is 28.2 Å². The lowest BCUT2D eigenvalue weighted by molar-refractivity contribution is -0.142. The molecule has 28 heavy (non-hydrogen) atoms. The van der Waals surface area contributed by atoms with Crippen molar-refractivity contribution in [2.45, 2.75) is 13.8 Å². The lowest BCUT2D eigenvalue weighted by Gasteiger charge is -2.09. The number of ether oxygens (including phenoxy) is 3. The fourth-order valence-electron chi connectivity index (χ4n) is 2.32. The molecule has 1 N–H and O–H groups in total. The summed E-state index contributed by atoms with van der Waals surface area (Å²) in [6, 6.07) is 9.61. The normalized spacial score (nSPS) is 10.6. The monoisotopic (exact) mass is 387 g/mol. The summed E-state index contributed by atoms with van der Waals surface area (Å²) in [7, 11) is 1.52. The van der Waals surface area contributed by atoms with E-state index >= 15 is 0 Å². The third-order valence-corrected chi connectivity index (χ3v) is 3.64. The molecule has 0 saturated carbocycles. The van der Waals surface area contributed by atoms with Gasteiger partial charge in [-0.15, -0.1) is 0 Å². The summed E-state index contributed by atoms with van der Waals surface area (Å²) >= 11 is 0. The molecule has 6 nitrogen and oxygen atoms in total. The quantitative estimate of drug-likeness (QED) is 0.552. The summed E-state index contributed by atoms with van der Waals surface area (Å²) < 4.78 is 29.2. The predicted molar refractivity (Wildman–Crippen MR) is 104 cm³/mol. The van der Waals surface area contributed by atoms with Crippen LogP contribution in [0.4, 0.5) is 10.1 Å². The lowest BCUT2D eigenvalue weighted by atomic mass is 10.2. The topological polar surface area (TPSA) is 73.9 Å². The van der Waals surface area contributed by atoms with Crippen LogP contribution in [0.25, 0.3) is 6.08 Å². The third kappa shape index (κ3) is 6.12. The fourth-order valence-corrected chi connectivity index (χ4v) is 2.32. The Balaban J connectivity index is 1.88. The van der Waals surface area contributed by atoms with E-state index in [1.165, 1.54) is 31.4 Å². The Morgan fingerprint density at radius 3 is 2.61 bits per heavy atom. The molecule has 0 radical (unpaired) electrons. The van der Waals surface area contributed by atoms with E-state index in [2.05, 4.69) is 5.32 Å². The number of halogens is 1. The van der Waals surface area contributed by atoms with Gasteiger partial charge < -0.3 is 19.5 Å². The van der Waals surface area contributed by atoms with Crippen molar-refractivity contribution in [2.75, 3.05) is 25.6 Å². The minimum atomic E-state index is -0.702. The van der Waals surface area contributed by atoms with Crippen LogP contribution in [0.15, 0.2) is 42.5 Å². The Morgan fingerprint density at radius 2 is 1.93 bits per heavy atom. The van der Waals surface area contributed by atoms with E-state index in [-0.39, 0.29) is 5.69 Å². The molecule has 2 aromatic carbocycles. The SMILES string of the molecule is CCOc1ccc(/C=C/C(=O)OCC(=O)Nc2ccc(C)cc2F)cc1OC. The zero-order chi connectivity index (χ0) is 20.5. The highest BCUT2D eigenvalue weighted by atomic mass is 19.1. The summed E-state index contributed by atoms with van der Waals surface area (Å²) in [5.74, 6) is -0.745. The Bertz CT molecular complexity index is 879. The Labute approximate surface area is 162 Å².